The van der Waals surface area contributed by atoms with E-state index >= 15 is 13.2 Å². The van der Waals surface area contributed by atoms with Crippen molar-refractivity contribution in [2.24, 2.45) is 21.1 Å². The summed E-state index contributed by atoms with van der Waals surface area (Å²) in [6, 6.07) is 10.2. The lowest BCUT2D eigenvalue weighted by atomic mass is 10.0. The monoisotopic (exact) mass is 480 g/mol. The average molecular weight is 481 g/mol. The first-order chi connectivity index (χ1) is 17.3. The summed E-state index contributed by atoms with van der Waals surface area (Å²) in [5, 5.41) is 0. The molecule has 0 radical (unpaired) electrons. The van der Waals surface area contributed by atoms with Crippen LogP contribution < -0.4 is 13.7 Å². The number of pyridine rings is 3. The minimum atomic E-state index is -1.16. The van der Waals surface area contributed by atoms with E-state index in [1.54, 1.807) is 87.3 Å². The van der Waals surface area contributed by atoms with Crippen LogP contribution in [-0.4, -0.2) is 0 Å². The molecular weight excluding hydrogens is 459 g/mol. The van der Waals surface area contributed by atoms with Crippen LogP contribution in [0.1, 0.15) is 33.4 Å². The molecule has 0 spiro atoms. The molecule has 6 heteroatoms. The zero-order valence-corrected chi connectivity index (χ0v) is 19.9. The summed E-state index contributed by atoms with van der Waals surface area (Å²) in [5.74, 6) is 12.3. The normalized spacial score (nSPS) is 9.83. The third kappa shape index (κ3) is 5.61. The molecular formula is C30H21F3N3+3. The average Bonchev–Trinajstić information content (AvgIpc) is 2.87. The second kappa shape index (κ2) is 10.6. The topological polar surface area (TPSA) is 11.6 Å². The highest BCUT2D eigenvalue weighted by Gasteiger charge is 2.22. The molecule has 0 saturated carbocycles. The Kier molecular flexibility index (Phi) is 7.15. The van der Waals surface area contributed by atoms with Gasteiger partial charge in [0, 0.05) is 53.1 Å². The minimum absolute atomic E-state index is 0.547. The molecule has 0 bridgehead atoms. The van der Waals surface area contributed by atoms with Crippen LogP contribution in [0.3, 0.4) is 0 Å². The SMILES string of the molecule is C[n+]1ccc(C#Cc2c(F)c(C#Cc3cc[n+](C)cc3)c(F)c(C#Cc3cc[n+](C)cc3)c2F)cc1. The summed E-state index contributed by atoms with van der Waals surface area (Å²) in [6.45, 7) is 0. The van der Waals surface area contributed by atoms with E-state index in [0.29, 0.717) is 16.7 Å². The smallest absolute Gasteiger partial charge is 0.169 e. The number of hydrogen-bond acceptors (Lipinski definition) is 0. The Labute approximate surface area is 208 Å². The van der Waals surface area contributed by atoms with Crippen molar-refractivity contribution in [1.29, 1.82) is 0 Å². The fourth-order valence-corrected chi connectivity index (χ4v) is 3.15. The second-order valence-corrected chi connectivity index (χ2v) is 8.07. The van der Waals surface area contributed by atoms with Crippen LogP contribution in [0.5, 0.6) is 0 Å². The van der Waals surface area contributed by atoms with E-state index in [1.807, 2.05) is 21.1 Å². The molecule has 0 aliphatic carbocycles. The van der Waals surface area contributed by atoms with Crippen LogP contribution in [0.2, 0.25) is 0 Å². The Balaban J connectivity index is 1.88. The largest absolute Gasteiger partial charge is 0.208 e. The van der Waals surface area contributed by atoms with E-state index in [2.05, 4.69) is 35.5 Å². The van der Waals surface area contributed by atoms with Crippen LogP contribution in [0.4, 0.5) is 13.2 Å². The van der Waals surface area contributed by atoms with Crippen molar-refractivity contribution >= 4 is 0 Å². The Hall–Kier alpha value is -4.86. The first kappa shape index (κ1) is 24.3. The minimum Gasteiger partial charge on any atom is -0.208 e. The maximum atomic E-state index is 15.4. The maximum Gasteiger partial charge on any atom is 0.169 e. The zero-order chi connectivity index (χ0) is 25.7. The van der Waals surface area contributed by atoms with Crippen LogP contribution in [0.25, 0.3) is 0 Å². The summed E-state index contributed by atoms with van der Waals surface area (Å²) >= 11 is 0. The molecule has 4 rings (SSSR count). The molecule has 0 aliphatic heterocycles. The lowest BCUT2D eigenvalue weighted by Gasteiger charge is -2.06. The number of halogens is 3. The van der Waals surface area contributed by atoms with Crippen molar-refractivity contribution in [2.75, 3.05) is 0 Å². The molecule has 0 N–H and O–H groups in total. The Morgan fingerprint density at radius 1 is 0.417 bits per heavy atom. The molecule has 3 nitrogen and oxygen atoms in total. The van der Waals surface area contributed by atoms with Gasteiger partial charge < -0.3 is 0 Å². The first-order valence-electron chi connectivity index (χ1n) is 10.9. The van der Waals surface area contributed by atoms with Gasteiger partial charge in [-0.25, -0.2) is 26.9 Å². The van der Waals surface area contributed by atoms with Gasteiger partial charge in [-0.2, -0.15) is 0 Å². The van der Waals surface area contributed by atoms with Crippen molar-refractivity contribution in [1.82, 2.24) is 0 Å². The molecule has 174 valence electrons. The molecule has 36 heavy (non-hydrogen) atoms. The van der Waals surface area contributed by atoms with Gasteiger partial charge in [-0.3, -0.25) is 0 Å². The van der Waals surface area contributed by atoms with Gasteiger partial charge in [-0.05, 0) is 0 Å². The number of aromatic nitrogens is 3. The molecule has 1 aromatic carbocycles. The fourth-order valence-electron chi connectivity index (χ4n) is 3.15. The Morgan fingerprint density at radius 2 is 0.639 bits per heavy atom. The first-order valence-corrected chi connectivity index (χ1v) is 10.9. The predicted molar refractivity (Wildman–Crippen MR) is 127 cm³/mol. The van der Waals surface area contributed by atoms with Gasteiger partial charge in [0.1, 0.15) is 21.1 Å². The maximum absolute atomic E-state index is 15.4. The molecule has 0 unspecified atom stereocenters. The van der Waals surface area contributed by atoms with E-state index in [1.165, 1.54) is 0 Å². The van der Waals surface area contributed by atoms with E-state index < -0.39 is 34.1 Å². The van der Waals surface area contributed by atoms with Crippen molar-refractivity contribution in [3.63, 3.8) is 0 Å². The molecule has 0 amide bonds. The van der Waals surface area contributed by atoms with E-state index in [9.17, 15) is 0 Å². The van der Waals surface area contributed by atoms with E-state index in [-0.39, 0.29) is 0 Å². The lowest BCUT2D eigenvalue weighted by Crippen LogP contribution is -2.25. The third-order valence-electron chi connectivity index (χ3n) is 5.25. The number of rotatable bonds is 0. The van der Waals surface area contributed by atoms with Crippen molar-refractivity contribution < 1.29 is 26.9 Å². The van der Waals surface area contributed by atoms with Gasteiger partial charge in [0.05, 0.1) is 16.7 Å². The number of benzene rings is 1. The van der Waals surface area contributed by atoms with Gasteiger partial charge in [0.15, 0.2) is 54.6 Å². The fraction of sp³-hybridized carbons (Fsp3) is 0.100. The number of aryl methyl sites for hydroxylation is 3. The highest BCUT2D eigenvalue weighted by Crippen LogP contribution is 2.24. The summed E-state index contributed by atoms with van der Waals surface area (Å²) in [6.07, 6.45) is 10.6. The molecule has 3 heterocycles. The summed E-state index contributed by atoms with van der Waals surface area (Å²) < 4.78 is 51.5. The van der Waals surface area contributed by atoms with Gasteiger partial charge >= 0.3 is 0 Å². The van der Waals surface area contributed by atoms with Crippen LogP contribution >= 0.6 is 0 Å². The van der Waals surface area contributed by atoms with E-state index in [4.69, 9.17) is 0 Å². The van der Waals surface area contributed by atoms with Gasteiger partial charge in [0.2, 0.25) is 0 Å². The van der Waals surface area contributed by atoms with Crippen LogP contribution in [-0.2, 0) is 21.1 Å². The molecule has 4 aromatic rings. The van der Waals surface area contributed by atoms with Gasteiger partial charge in [0.25, 0.3) is 0 Å². The van der Waals surface area contributed by atoms with Crippen molar-refractivity contribution in [2.45, 2.75) is 0 Å². The third-order valence-corrected chi connectivity index (χ3v) is 5.25. The molecule has 3 aromatic heterocycles. The standard InChI is InChI=1S/C30H21F3N3/c1-34-16-10-22(11-17-34)4-7-25-28(31)26(8-5-23-12-18-35(2)19-13-23)30(33)27(29(25)32)9-6-24-14-20-36(3)21-15-24/h10-21H,1-3H3/q+3. The van der Waals surface area contributed by atoms with Crippen molar-refractivity contribution in [3.05, 3.63) is 124 Å². The highest BCUT2D eigenvalue weighted by atomic mass is 19.1. The second-order valence-electron chi connectivity index (χ2n) is 8.07. The molecule has 0 fully saturated rings. The molecule has 0 aliphatic rings. The van der Waals surface area contributed by atoms with Crippen molar-refractivity contribution in [3.8, 4) is 35.5 Å². The summed E-state index contributed by atoms with van der Waals surface area (Å²) in [4.78, 5) is 0. The predicted octanol–water partition coefficient (Wildman–Crippen LogP) is 2.78. The van der Waals surface area contributed by atoms with Crippen LogP contribution in [0.15, 0.2) is 73.6 Å². The van der Waals surface area contributed by atoms with Crippen LogP contribution in [0, 0.1) is 53.0 Å². The van der Waals surface area contributed by atoms with Gasteiger partial charge in [-0.1, -0.05) is 35.5 Å². The summed E-state index contributed by atoms with van der Waals surface area (Å²) in [7, 11) is 5.52. The lowest BCUT2D eigenvalue weighted by molar-refractivity contribution is -0.671. The quantitative estimate of drug-likeness (QED) is 0.271. The molecule has 0 atom stereocenters. The van der Waals surface area contributed by atoms with Gasteiger partial charge in [-0.15, -0.1) is 0 Å². The van der Waals surface area contributed by atoms with E-state index in [0.717, 1.165) is 0 Å². The Morgan fingerprint density at radius 3 is 0.861 bits per heavy atom. The Bertz CT molecular complexity index is 1400. The number of hydrogen-bond donors (Lipinski definition) is 0. The zero-order valence-electron chi connectivity index (χ0n) is 19.9. The number of nitrogens with zero attached hydrogens (tertiary/aromatic N) is 3. The summed E-state index contributed by atoms with van der Waals surface area (Å²) in [5.41, 5.74) is -0.117. The molecule has 0 saturated heterocycles. The highest BCUT2D eigenvalue weighted by molar-refractivity contribution is 5.57.